The normalized spacial score (nSPS) is 13.8. The first kappa shape index (κ1) is 43.0. The maximum absolute atomic E-state index is 12.2. The summed E-state index contributed by atoms with van der Waals surface area (Å²) >= 11 is 0. The van der Waals surface area contributed by atoms with Crippen LogP contribution in [0, 0.1) is 0 Å². The first-order valence-corrected chi connectivity index (χ1v) is 18.6. The number of rotatable bonds is 30. The van der Waals surface area contributed by atoms with Gasteiger partial charge in [0.25, 0.3) is 0 Å². The Balaban J connectivity index is 4.21. The molecule has 0 aromatic rings. The Kier molecular flexibility index (Phi) is 29.2. The number of carbonyl (C=O) groups is 2. The second-order valence-electron chi connectivity index (χ2n) is 11.3. The Morgan fingerprint density at radius 1 is 0.689 bits per heavy atom. The highest BCUT2D eigenvalue weighted by Crippen LogP contribution is 2.35. The summed E-state index contributed by atoms with van der Waals surface area (Å²) in [6, 6.07) is 0. The van der Waals surface area contributed by atoms with Crippen molar-refractivity contribution in [2.45, 2.75) is 148 Å². The Morgan fingerprint density at radius 2 is 1.29 bits per heavy atom. The molecule has 10 heteroatoms. The Morgan fingerprint density at radius 3 is 1.98 bits per heavy atom. The Labute approximate surface area is 272 Å². The second kappa shape index (κ2) is 30.6. The molecule has 0 aromatic heterocycles. The molecule has 1 unspecified atom stereocenters. The minimum atomic E-state index is -4.77. The standard InChI is InChI=1S/C35H61O9P/c1-3-5-7-9-11-13-15-18-22-26-32(36)27-23-19-17-21-24-28-34(37)42-30-33(31-43-45(39,40)41)44-35(38)29-25-20-16-14-12-10-8-6-4-2/h11,13,17-19,22-23,27,32-33,36H,3-10,12,14-16,20-21,24-26,28-31H2,1-2H3,(H2,39,40,41)/b13-11-,19-17+,22-18-,27-23-/t32?,33-/m1/s1. The van der Waals surface area contributed by atoms with Gasteiger partial charge in [0.2, 0.25) is 0 Å². The summed E-state index contributed by atoms with van der Waals surface area (Å²) in [5.74, 6) is -1.02. The monoisotopic (exact) mass is 656 g/mol. The molecule has 0 saturated carbocycles. The number of hydrogen-bond donors (Lipinski definition) is 3. The average Bonchev–Trinajstić information content (AvgIpc) is 2.99. The smallest absolute Gasteiger partial charge is 0.462 e. The van der Waals surface area contributed by atoms with Crippen LogP contribution in [0.5, 0.6) is 0 Å². The zero-order valence-corrected chi connectivity index (χ0v) is 28.8. The van der Waals surface area contributed by atoms with Gasteiger partial charge in [0.1, 0.15) is 6.61 Å². The van der Waals surface area contributed by atoms with Crippen LogP contribution in [0.4, 0.5) is 0 Å². The largest absolute Gasteiger partial charge is 0.469 e. The zero-order chi connectivity index (χ0) is 33.4. The van der Waals surface area contributed by atoms with E-state index in [9.17, 15) is 19.3 Å². The lowest BCUT2D eigenvalue weighted by molar-refractivity contribution is -0.161. The summed E-state index contributed by atoms with van der Waals surface area (Å²) in [6.07, 6.45) is 31.6. The number of phosphoric acid groups is 1. The van der Waals surface area contributed by atoms with Gasteiger partial charge in [-0.1, -0.05) is 127 Å². The summed E-state index contributed by atoms with van der Waals surface area (Å²) in [5.41, 5.74) is 0. The van der Waals surface area contributed by atoms with Crippen LogP contribution in [-0.4, -0.2) is 52.3 Å². The lowest BCUT2D eigenvalue weighted by Gasteiger charge is -2.18. The second-order valence-corrected chi connectivity index (χ2v) is 12.6. The van der Waals surface area contributed by atoms with Crippen molar-refractivity contribution in [3.63, 3.8) is 0 Å². The van der Waals surface area contributed by atoms with E-state index in [0.29, 0.717) is 25.7 Å². The van der Waals surface area contributed by atoms with Gasteiger partial charge in [-0.2, -0.15) is 0 Å². The first-order valence-electron chi connectivity index (χ1n) is 17.0. The van der Waals surface area contributed by atoms with E-state index in [0.717, 1.165) is 32.1 Å². The molecule has 0 bridgehead atoms. The molecule has 0 radical (unpaired) electrons. The number of aliphatic hydroxyl groups is 1. The molecule has 0 aliphatic carbocycles. The number of esters is 2. The van der Waals surface area contributed by atoms with Crippen molar-refractivity contribution in [2.75, 3.05) is 13.2 Å². The van der Waals surface area contributed by atoms with E-state index in [-0.39, 0.29) is 19.4 Å². The van der Waals surface area contributed by atoms with E-state index in [1.54, 1.807) is 12.2 Å². The summed E-state index contributed by atoms with van der Waals surface area (Å²) in [4.78, 5) is 42.4. The molecule has 9 nitrogen and oxygen atoms in total. The van der Waals surface area contributed by atoms with Crippen LogP contribution in [0.2, 0.25) is 0 Å². The van der Waals surface area contributed by atoms with Gasteiger partial charge in [-0.05, 0) is 44.9 Å². The number of phosphoric ester groups is 1. The fraction of sp³-hybridized carbons (Fsp3) is 0.714. The lowest BCUT2D eigenvalue weighted by atomic mass is 10.1. The molecule has 0 aromatic carbocycles. The van der Waals surface area contributed by atoms with E-state index >= 15 is 0 Å². The van der Waals surface area contributed by atoms with Crippen molar-refractivity contribution >= 4 is 19.8 Å². The molecule has 0 fully saturated rings. The van der Waals surface area contributed by atoms with Gasteiger partial charge in [-0.3, -0.25) is 14.1 Å². The van der Waals surface area contributed by atoms with Crippen LogP contribution in [0.3, 0.4) is 0 Å². The van der Waals surface area contributed by atoms with Gasteiger partial charge >= 0.3 is 19.8 Å². The zero-order valence-electron chi connectivity index (χ0n) is 27.9. The molecule has 0 rings (SSSR count). The third-order valence-corrected chi connectivity index (χ3v) is 7.42. The van der Waals surface area contributed by atoms with Gasteiger partial charge in [0.15, 0.2) is 6.10 Å². The molecular formula is C35H61O9P. The van der Waals surface area contributed by atoms with Crippen LogP contribution < -0.4 is 0 Å². The maximum Gasteiger partial charge on any atom is 0.469 e. The molecule has 0 aliphatic heterocycles. The number of carbonyl (C=O) groups excluding carboxylic acids is 2. The van der Waals surface area contributed by atoms with Crippen molar-refractivity contribution in [3.05, 3.63) is 48.6 Å². The molecule has 0 heterocycles. The van der Waals surface area contributed by atoms with Crippen molar-refractivity contribution in [1.29, 1.82) is 0 Å². The SMILES string of the molecule is CCCCC/C=C\C/C=C\CC(O)/C=C\C=C\CCCC(=O)OC[C@H](COP(=O)(O)O)OC(=O)CCCCCCCCCCC. The molecular weight excluding hydrogens is 595 g/mol. The molecule has 0 amide bonds. The van der Waals surface area contributed by atoms with Crippen LogP contribution in [0.25, 0.3) is 0 Å². The fourth-order valence-electron chi connectivity index (χ4n) is 4.33. The molecule has 2 atom stereocenters. The van der Waals surface area contributed by atoms with Crippen LogP contribution in [-0.2, 0) is 28.2 Å². The highest BCUT2D eigenvalue weighted by molar-refractivity contribution is 7.46. The minimum absolute atomic E-state index is 0.132. The first-order chi connectivity index (χ1) is 21.7. The van der Waals surface area contributed by atoms with Gasteiger partial charge in [-0.15, -0.1) is 0 Å². The summed E-state index contributed by atoms with van der Waals surface area (Å²) in [6.45, 7) is 3.47. The molecule has 0 saturated heterocycles. The molecule has 0 spiro atoms. The summed E-state index contributed by atoms with van der Waals surface area (Å²) < 4.78 is 26.1. The summed E-state index contributed by atoms with van der Waals surface area (Å²) in [7, 11) is -4.77. The lowest BCUT2D eigenvalue weighted by Crippen LogP contribution is -2.29. The maximum atomic E-state index is 12.2. The Hall–Kier alpha value is -2.03. The topological polar surface area (TPSA) is 140 Å². The number of unbranched alkanes of at least 4 members (excludes halogenated alkanes) is 12. The molecule has 260 valence electrons. The van der Waals surface area contributed by atoms with Gasteiger partial charge in [-0.25, -0.2) is 4.57 Å². The number of hydrogen-bond acceptors (Lipinski definition) is 7. The van der Waals surface area contributed by atoms with Crippen molar-refractivity contribution in [1.82, 2.24) is 0 Å². The third-order valence-electron chi connectivity index (χ3n) is 6.93. The van der Waals surface area contributed by atoms with Gasteiger partial charge in [0, 0.05) is 12.8 Å². The van der Waals surface area contributed by atoms with Gasteiger partial charge < -0.3 is 24.4 Å². The quantitative estimate of drug-likeness (QED) is 0.0228. The van der Waals surface area contributed by atoms with E-state index in [4.69, 9.17) is 19.3 Å². The van der Waals surface area contributed by atoms with Crippen LogP contribution >= 0.6 is 7.82 Å². The predicted octanol–water partition coefficient (Wildman–Crippen LogP) is 8.59. The van der Waals surface area contributed by atoms with Gasteiger partial charge in [0.05, 0.1) is 12.7 Å². The minimum Gasteiger partial charge on any atom is -0.462 e. The van der Waals surface area contributed by atoms with E-state index in [1.807, 2.05) is 18.2 Å². The van der Waals surface area contributed by atoms with Crippen LogP contribution in [0.15, 0.2) is 48.6 Å². The molecule has 0 aliphatic rings. The average molecular weight is 657 g/mol. The van der Waals surface area contributed by atoms with E-state index in [2.05, 4.69) is 36.6 Å². The summed E-state index contributed by atoms with van der Waals surface area (Å²) in [5, 5.41) is 10.0. The third kappa shape index (κ3) is 33.2. The van der Waals surface area contributed by atoms with E-state index in [1.165, 1.54) is 51.4 Å². The van der Waals surface area contributed by atoms with Crippen LogP contribution in [0.1, 0.15) is 136 Å². The number of aliphatic hydroxyl groups excluding tert-OH is 1. The molecule has 3 N–H and O–H groups in total. The predicted molar refractivity (Wildman–Crippen MR) is 180 cm³/mol. The fourth-order valence-corrected chi connectivity index (χ4v) is 4.69. The highest BCUT2D eigenvalue weighted by Gasteiger charge is 2.22. The van der Waals surface area contributed by atoms with Crippen molar-refractivity contribution < 1.29 is 43.0 Å². The van der Waals surface area contributed by atoms with Crippen molar-refractivity contribution in [2.24, 2.45) is 0 Å². The van der Waals surface area contributed by atoms with E-state index < -0.39 is 38.6 Å². The number of ether oxygens (including phenoxy) is 2. The number of allylic oxidation sites excluding steroid dienone is 6. The highest BCUT2D eigenvalue weighted by atomic mass is 31.2. The van der Waals surface area contributed by atoms with Crippen molar-refractivity contribution in [3.8, 4) is 0 Å². The molecule has 45 heavy (non-hydrogen) atoms. The Bertz CT molecular complexity index is 892.